The number of ether oxygens (including phenoxy) is 2. The predicted octanol–water partition coefficient (Wildman–Crippen LogP) is 1.44. The van der Waals surface area contributed by atoms with Crippen molar-refractivity contribution in [1.29, 1.82) is 0 Å². The smallest absolute Gasteiger partial charge is 0.217 e. The summed E-state index contributed by atoms with van der Waals surface area (Å²) in [7, 11) is 1.62. The van der Waals surface area contributed by atoms with Gasteiger partial charge in [-0.15, -0.1) is 0 Å². The van der Waals surface area contributed by atoms with E-state index in [0.717, 1.165) is 31.6 Å². The summed E-state index contributed by atoms with van der Waals surface area (Å²) in [5.41, 5.74) is 7.85. The first-order valence-electron chi connectivity index (χ1n) is 5.65. The second kappa shape index (κ2) is 5.27. The first kappa shape index (κ1) is 11.4. The van der Waals surface area contributed by atoms with E-state index in [-0.39, 0.29) is 0 Å². The highest BCUT2D eigenvalue weighted by Gasteiger charge is 2.17. The lowest BCUT2D eigenvalue weighted by molar-refractivity contribution is 0.0803. The molecule has 1 aliphatic rings. The van der Waals surface area contributed by atoms with Crippen LogP contribution in [0.25, 0.3) is 0 Å². The Labute approximate surface area is 95.8 Å². The molecule has 1 fully saturated rings. The van der Waals surface area contributed by atoms with Crippen molar-refractivity contribution in [2.45, 2.75) is 25.3 Å². The van der Waals surface area contributed by atoms with E-state index in [1.54, 1.807) is 7.11 Å². The Bertz CT molecular complexity index is 349. The van der Waals surface area contributed by atoms with E-state index in [0.29, 0.717) is 18.3 Å². The van der Waals surface area contributed by atoms with Crippen LogP contribution in [0.1, 0.15) is 29.9 Å². The second-order valence-corrected chi connectivity index (χ2v) is 4.06. The van der Waals surface area contributed by atoms with E-state index in [1.165, 1.54) is 5.56 Å². The first-order valence-corrected chi connectivity index (χ1v) is 5.65. The normalized spacial score (nSPS) is 20.8. The van der Waals surface area contributed by atoms with E-state index in [4.69, 9.17) is 15.2 Å². The summed E-state index contributed by atoms with van der Waals surface area (Å²) >= 11 is 0. The molecule has 0 aliphatic carbocycles. The quantitative estimate of drug-likeness (QED) is 0.840. The van der Waals surface area contributed by atoms with Gasteiger partial charge in [-0.25, -0.2) is 4.98 Å². The van der Waals surface area contributed by atoms with Crippen LogP contribution in [0.15, 0.2) is 12.3 Å². The largest absolute Gasteiger partial charge is 0.481 e. The zero-order chi connectivity index (χ0) is 11.4. The molecule has 2 N–H and O–H groups in total. The van der Waals surface area contributed by atoms with Crippen LogP contribution >= 0.6 is 0 Å². The Morgan fingerprint density at radius 2 is 2.50 bits per heavy atom. The fourth-order valence-electron chi connectivity index (χ4n) is 2.07. The van der Waals surface area contributed by atoms with Gasteiger partial charge in [-0.3, -0.25) is 0 Å². The predicted molar refractivity (Wildman–Crippen MR) is 61.5 cm³/mol. The van der Waals surface area contributed by atoms with Gasteiger partial charge < -0.3 is 15.2 Å². The van der Waals surface area contributed by atoms with Gasteiger partial charge >= 0.3 is 0 Å². The minimum atomic E-state index is 0.456. The summed E-state index contributed by atoms with van der Waals surface area (Å²) in [5, 5.41) is 0. The van der Waals surface area contributed by atoms with E-state index in [1.807, 2.05) is 6.20 Å². The minimum Gasteiger partial charge on any atom is -0.481 e. The van der Waals surface area contributed by atoms with E-state index in [2.05, 4.69) is 11.1 Å². The monoisotopic (exact) mass is 222 g/mol. The molecule has 0 spiro atoms. The fourth-order valence-corrected chi connectivity index (χ4v) is 2.07. The lowest BCUT2D eigenvalue weighted by atomic mass is 9.94. The van der Waals surface area contributed by atoms with Gasteiger partial charge in [0.05, 0.1) is 13.7 Å². The molecular weight excluding hydrogens is 204 g/mol. The van der Waals surface area contributed by atoms with Crippen molar-refractivity contribution < 1.29 is 9.47 Å². The molecule has 88 valence electrons. The van der Waals surface area contributed by atoms with Gasteiger partial charge in [0.15, 0.2) is 0 Å². The number of nitrogens with zero attached hydrogens (tertiary/aromatic N) is 1. The zero-order valence-corrected chi connectivity index (χ0v) is 9.61. The molecule has 1 aromatic rings. The maximum Gasteiger partial charge on any atom is 0.217 e. The number of nitrogens with two attached hydrogens (primary N) is 1. The second-order valence-electron chi connectivity index (χ2n) is 4.06. The zero-order valence-electron chi connectivity index (χ0n) is 9.61. The SMILES string of the molecule is COc1ncc(C2CCCOC2)cc1CN. The summed E-state index contributed by atoms with van der Waals surface area (Å²) < 4.78 is 10.6. The fraction of sp³-hybridized carbons (Fsp3) is 0.583. The van der Waals surface area contributed by atoms with Gasteiger partial charge in [0, 0.05) is 30.8 Å². The number of hydrogen-bond acceptors (Lipinski definition) is 4. The van der Waals surface area contributed by atoms with E-state index >= 15 is 0 Å². The molecule has 2 rings (SSSR count). The number of pyridine rings is 1. The molecule has 4 nitrogen and oxygen atoms in total. The number of rotatable bonds is 3. The Morgan fingerprint density at radius 1 is 1.62 bits per heavy atom. The maximum atomic E-state index is 5.67. The highest BCUT2D eigenvalue weighted by Crippen LogP contribution is 2.27. The lowest BCUT2D eigenvalue weighted by Gasteiger charge is -2.22. The molecule has 0 radical (unpaired) electrons. The molecule has 16 heavy (non-hydrogen) atoms. The van der Waals surface area contributed by atoms with Gasteiger partial charge in [-0.1, -0.05) is 0 Å². The summed E-state index contributed by atoms with van der Waals surface area (Å²) in [5.74, 6) is 1.08. The number of hydrogen-bond donors (Lipinski definition) is 1. The molecule has 1 saturated heterocycles. The Morgan fingerprint density at radius 3 is 3.12 bits per heavy atom. The average molecular weight is 222 g/mol. The third-order valence-corrected chi connectivity index (χ3v) is 2.99. The molecule has 1 aliphatic heterocycles. The highest BCUT2D eigenvalue weighted by atomic mass is 16.5. The molecule has 4 heteroatoms. The van der Waals surface area contributed by atoms with Crippen molar-refractivity contribution in [3.63, 3.8) is 0 Å². The van der Waals surface area contributed by atoms with E-state index < -0.39 is 0 Å². The molecule has 1 aromatic heterocycles. The molecule has 0 amide bonds. The third-order valence-electron chi connectivity index (χ3n) is 2.99. The lowest BCUT2D eigenvalue weighted by Crippen LogP contribution is -2.16. The first-order chi connectivity index (χ1) is 7.85. The molecular formula is C12H18N2O2. The molecule has 0 saturated carbocycles. The Balaban J connectivity index is 2.20. The topological polar surface area (TPSA) is 57.4 Å². The van der Waals surface area contributed by atoms with Gasteiger partial charge in [0.25, 0.3) is 0 Å². The number of aromatic nitrogens is 1. The van der Waals surface area contributed by atoms with Crippen LogP contribution in [0.3, 0.4) is 0 Å². The Hall–Kier alpha value is -1.13. The van der Waals surface area contributed by atoms with Crippen LogP contribution in [0.2, 0.25) is 0 Å². The summed E-state index contributed by atoms with van der Waals surface area (Å²) in [6, 6.07) is 2.09. The summed E-state index contributed by atoms with van der Waals surface area (Å²) in [6.07, 6.45) is 4.16. The van der Waals surface area contributed by atoms with Crippen LogP contribution in [-0.2, 0) is 11.3 Å². The summed E-state index contributed by atoms with van der Waals surface area (Å²) in [4.78, 5) is 4.29. The van der Waals surface area contributed by atoms with Crippen molar-refractivity contribution >= 4 is 0 Å². The van der Waals surface area contributed by atoms with Gasteiger partial charge in [0.1, 0.15) is 0 Å². The van der Waals surface area contributed by atoms with Crippen molar-refractivity contribution in [2.24, 2.45) is 5.73 Å². The van der Waals surface area contributed by atoms with Crippen molar-refractivity contribution in [3.8, 4) is 5.88 Å². The summed E-state index contributed by atoms with van der Waals surface area (Å²) in [6.45, 7) is 2.12. The van der Waals surface area contributed by atoms with Crippen LogP contribution in [0.4, 0.5) is 0 Å². The number of methoxy groups -OCH3 is 1. The molecule has 0 aromatic carbocycles. The van der Waals surface area contributed by atoms with Gasteiger partial charge in [-0.05, 0) is 24.5 Å². The molecule has 1 unspecified atom stereocenters. The van der Waals surface area contributed by atoms with Crippen molar-refractivity contribution in [1.82, 2.24) is 4.98 Å². The van der Waals surface area contributed by atoms with Gasteiger partial charge in [0.2, 0.25) is 5.88 Å². The van der Waals surface area contributed by atoms with Crippen LogP contribution in [0.5, 0.6) is 5.88 Å². The third kappa shape index (κ3) is 2.33. The molecule has 2 heterocycles. The van der Waals surface area contributed by atoms with E-state index in [9.17, 15) is 0 Å². The maximum absolute atomic E-state index is 5.67. The highest BCUT2D eigenvalue weighted by molar-refractivity contribution is 5.31. The van der Waals surface area contributed by atoms with Crippen molar-refractivity contribution in [3.05, 3.63) is 23.4 Å². The molecule has 1 atom stereocenters. The van der Waals surface area contributed by atoms with Crippen LogP contribution in [-0.4, -0.2) is 25.3 Å². The van der Waals surface area contributed by atoms with Gasteiger partial charge in [-0.2, -0.15) is 0 Å². The molecule has 0 bridgehead atoms. The standard InChI is InChI=1S/C12H18N2O2/c1-15-12-10(6-13)5-11(7-14-12)9-3-2-4-16-8-9/h5,7,9H,2-4,6,8,13H2,1H3. The van der Waals surface area contributed by atoms with Crippen LogP contribution < -0.4 is 10.5 Å². The van der Waals surface area contributed by atoms with Crippen molar-refractivity contribution in [2.75, 3.05) is 20.3 Å². The minimum absolute atomic E-state index is 0.456. The average Bonchev–Trinajstić information content (AvgIpc) is 2.39. The Kier molecular flexibility index (Phi) is 3.74. The van der Waals surface area contributed by atoms with Crippen LogP contribution in [0, 0.1) is 0 Å².